The van der Waals surface area contributed by atoms with Crippen LogP contribution in [0.15, 0.2) is 12.7 Å². The SMILES string of the molecule is C=CCN(CCO)C(=O)NCC(C)CC(=O)O. The number of amides is 2. The van der Waals surface area contributed by atoms with Gasteiger partial charge in [0.05, 0.1) is 6.61 Å². The second kappa shape index (κ2) is 8.58. The Morgan fingerprint density at radius 1 is 1.53 bits per heavy atom. The van der Waals surface area contributed by atoms with Gasteiger partial charge in [0.15, 0.2) is 0 Å². The van der Waals surface area contributed by atoms with Gasteiger partial charge in [-0.2, -0.15) is 0 Å². The lowest BCUT2D eigenvalue weighted by molar-refractivity contribution is -0.137. The minimum atomic E-state index is -0.884. The highest BCUT2D eigenvalue weighted by atomic mass is 16.4. The van der Waals surface area contributed by atoms with Gasteiger partial charge in [-0.1, -0.05) is 13.0 Å². The van der Waals surface area contributed by atoms with Crippen LogP contribution in [0.3, 0.4) is 0 Å². The fraction of sp³-hybridized carbons (Fsp3) is 0.636. The molecule has 0 rings (SSSR count). The number of aliphatic carboxylic acids is 1. The molecule has 0 aliphatic heterocycles. The number of carbonyl (C=O) groups is 2. The molecule has 6 heteroatoms. The first-order valence-corrected chi connectivity index (χ1v) is 5.47. The van der Waals surface area contributed by atoms with Gasteiger partial charge in [0, 0.05) is 26.1 Å². The fourth-order valence-corrected chi connectivity index (χ4v) is 1.30. The Labute approximate surface area is 101 Å². The van der Waals surface area contributed by atoms with Crippen molar-refractivity contribution in [3.63, 3.8) is 0 Å². The highest BCUT2D eigenvalue weighted by Crippen LogP contribution is 2.00. The maximum Gasteiger partial charge on any atom is 0.317 e. The number of carboxylic acids is 1. The van der Waals surface area contributed by atoms with E-state index in [0.29, 0.717) is 13.1 Å². The van der Waals surface area contributed by atoms with Crippen molar-refractivity contribution in [2.24, 2.45) is 5.92 Å². The summed E-state index contributed by atoms with van der Waals surface area (Å²) in [6, 6.07) is -0.323. The molecule has 0 bridgehead atoms. The van der Waals surface area contributed by atoms with Crippen molar-refractivity contribution >= 4 is 12.0 Å². The van der Waals surface area contributed by atoms with Crippen LogP contribution in [0.2, 0.25) is 0 Å². The molecule has 0 spiro atoms. The average Bonchev–Trinajstić information content (AvgIpc) is 2.24. The quantitative estimate of drug-likeness (QED) is 0.535. The van der Waals surface area contributed by atoms with Crippen molar-refractivity contribution in [1.29, 1.82) is 0 Å². The number of hydrogen-bond acceptors (Lipinski definition) is 3. The molecule has 3 N–H and O–H groups in total. The van der Waals surface area contributed by atoms with Gasteiger partial charge in [-0.3, -0.25) is 4.79 Å². The van der Waals surface area contributed by atoms with E-state index in [1.807, 2.05) is 0 Å². The standard InChI is InChI=1S/C11H20N2O4/c1-3-4-13(5-6-14)11(17)12-8-9(2)7-10(15)16/h3,9,14H,1,4-8H2,2H3,(H,12,17)(H,15,16). The van der Waals surface area contributed by atoms with E-state index in [4.69, 9.17) is 10.2 Å². The van der Waals surface area contributed by atoms with Crippen LogP contribution in [-0.2, 0) is 4.79 Å². The number of aliphatic hydroxyl groups excluding tert-OH is 1. The summed E-state index contributed by atoms with van der Waals surface area (Å²) in [6.45, 7) is 6.02. The zero-order valence-corrected chi connectivity index (χ0v) is 10.1. The minimum absolute atomic E-state index is 0.0156. The number of nitrogens with zero attached hydrogens (tertiary/aromatic N) is 1. The highest BCUT2D eigenvalue weighted by Gasteiger charge is 2.13. The third-order valence-corrected chi connectivity index (χ3v) is 2.13. The number of hydrogen-bond donors (Lipinski definition) is 3. The van der Waals surface area contributed by atoms with E-state index in [1.54, 1.807) is 13.0 Å². The minimum Gasteiger partial charge on any atom is -0.481 e. The molecule has 6 nitrogen and oxygen atoms in total. The third kappa shape index (κ3) is 7.35. The molecule has 2 amide bonds. The molecular weight excluding hydrogens is 224 g/mol. The van der Waals surface area contributed by atoms with Gasteiger partial charge in [0.25, 0.3) is 0 Å². The maximum atomic E-state index is 11.6. The van der Waals surface area contributed by atoms with Crippen molar-refractivity contribution in [3.8, 4) is 0 Å². The Kier molecular flexibility index (Phi) is 7.79. The molecule has 0 aromatic carbocycles. The summed E-state index contributed by atoms with van der Waals surface area (Å²) in [5.41, 5.74) is 0. The molecule has 0 radical (unpaired) electrons. The first kappa shape index (κ1) is 15.4. The molecule has 0 saturated carbocycles. The Bertz CT molecular complexity index is 268. The summed E-state index contributed by atoms with van der Waals surface area (Å²) < 4.78 is 0. The largest absolute Gasteiger partial charge is 0.481 e. The van der Waals surface area contributed by atoms with Gasteiger partial charge < -0.3 is 20.4 Å². The number of aliphatic hydroxyl groups is 1. The van der Waals surface area contributed by atoms with Crippen molar-refractivity contribution < 1.29 is 19.8 Å². The second-order valence-corrected chi connectivity index (χ2v) is 3.85. The van der Waals surface area contributed by atoms with Crippen LogP contribution < -0.4 is 5.32 Å². The van der Waals surface area contributed by atoms with Gasteiger partial charge in [0.1, 0.15) is 0 Å². The van der Waals surface area contributed by atoms with E-state index in [2.05, 4.69) is 11.9 Å². The number of carboxylic acid groups (broad SMARTS) is 1. The maximum absolute atomic E-state index is 11.6. The van der Waals surface area contributed by atoms with Gasteiger partial charge in [-0.25, -0.2) is 4.79 Å². The molecule has 0 fully saturated rings. The van der Waals surface area contributed by atoms with Crippen molar-refractivity contribution in [2.75, 3.05) is 26.2 Å². The molecule has 1 unspecified atom stereocenters. The van der Waals surface area contributed by atoms with Crippen LogP contribution >= 0.6 is 0 Å². The molecule has 17 heavy (non-hydrogen) atoms. The van der Waals surface area contributed by atoms with E-state index in [-0.39, 0.29) is 31.5 Å². The lowest BCUT2D eigenvalue weighted by Crippen LogP contribution is -2.43. The van der Waals surface area contributed by atoms with E-state index in [0.717, 1.165) is 0 Å². The second-order valence-electron chi connectivity index (χ2n) is 3.85. The molecule has 0 aliphatic carbocycles. The van der Waals surface area contributed by atoms with Crippen LogP contribution in [-0.4, -0.2) is 53.4 Å². The summed E-state index contributed by atoms with van der Waals surface area (Å²) in [4.78, 5) is 23.4. The summed E-state index contributed by atoms with van der Waals surface area (Å²) in [7, 11) is 0. The molecule has 0 aromatic rings. The Hall–Kier alpha value is -1.56. The Morgan fingerprint density at radius 3 is 2.65 bits per heavy atom. The van der Waals surface area contributed by atoms with E-state index in [1.165, 1.54) is 4.90 Å². The van der Waals surface area contributed by atoms with Gasteiger partial charge >= 0.3 is 12.0 Å². The van der Waals surface area contributed by atoms with Crippen LogP contribution in [0.25, 0.3) is 0 Å². The normalized spacial score (nSPS) is 11.6. The zero-order valence-electron chi connectivity index (χ0n) is 10.1. The van der Waals surface area contributed by atoms with Crippen LogP contribution in [0, 0.1) is 5.92 Å². The van der Waals surface area contributed by atoms with Crippen LogP contribution in [0.4, 0.5) is 4.79 Å². The summed E-state index contributed by atoms with van der Waals surface area (Å²) in [6.07, 6.45) is 1.58. The van der Waals surface area contributed by atoms with Crippen molar-refractivity contribution in [2.45, 2.75) is 13.3 Å². The number of nitrogens with one attached hydrogen (secondary N) is 1. The molecule has 98 valence electrons. The van der Waals surface area contributed by atoms with Crippen LogP contribution in [0.1, 0.15) is 13.3 Å². The molecule has 0 saturated heterocycles. The number of urea groups is 1. The topological polar surface area (TPSA) is 89.9 Å². The lowest BCUT2D eigenvalue weighted by Gasteiger charge is -2.21. The third-order valence-electron chi connectivity index (χ3n) is 2.13. The monoisotopic (exact) mass is 244 g/mol. The Morgan fingerprint density at radius 2 is 2.18 bits per heavy atom. The summed E-state index contributed by atoms with van der Waals surface area (Å²) >= 11 is 0. The van der Waals surface area contributed by atoms with Gasteiger partial charge in [-0.15, -0.1) is 6.58 Å². The van der Waals surface area contributed by atoms with Crippen molar-refractivity contribution in [1.82, 2.24) is 10.2 Å². The van der Waals surface area contributed by atoms with E-state index in [9.17, 15) is 9.59 Å². The van der Waals surface area contributed by atoms with Gasteiger partial charge in [-0.05, 0) is 5.92 Å². The summed E-state index contributed by atoms with van der Waals surface area (Å²) in [5, 5.41) is 20.0. The fourth-order valence-electron chi connectivity index (χ4n) is 1.30. The smallest absolute Gasteiger partial charge is 0.317 e. The summed E-state index contributed by atoms with van der Waals surface area (Å²) in [5.74, 6) is -1.01. The molecule has 1 atom stereocenters. The lowest BCUT2D eigenvalue weighted by atomic mass is 10.1. The zero-order chi connectivity index (χ0) is 13.3. The first-order chi connectivity index (χ1) is 8.01. The van der Waals surface area contributed by atoms with E-state index < -0.39 is 5.97 Å². The predicted octanol–water partition coefficient (Wildman–Crippen LogP) is 0.287. The van der Waals surface area contributed by atoms with E-state index >= 15 is 0 Å². The predicted molar refractivity (Wildman–Crippen MR) is 63.7 cm³/mol. The number of carbonyl (C=O) groups excluding carboxylic acids is 1. The molecular formula is C11H20N2O4. The average molecular weight is 244 g/mol. The molecule has 0 aromatic heterocycles. The molecule has 0 aliphatic rings. The molecule has 0 heterocycles. The van der Waals surface area contributed by atoms with Crippen LogP contribution in [0.5, 0.6) is 0 Å². The van der Waals surface area contributed by atoms with Gasteiger partial charge in [0.2, 0.25) is 0 Å². The number of rotatable bonds is 8. The Balaban J connectivity index is 4.03. The first-order valence-electron chi connectivity index (χ1n) is 5.47. The highest BCUT2D eigenvalue weighted by molar-refractivity contribution is 5.74. The van der Waals surface area contributed by atoms with Crippen molar-refractivity contribution in [3.05, 3.63) is 12.7 Å².